The first-order valence-corrected chi connectivity index (χ1v) is 11.9. The van der Waals surface area contributed by atoms with Crippen molar-refractivity contribution >= 4 is 16.7 Å². The molecule has 1 aliphatic heterocycles. The Balaban J connectivity index is 1.48. The van der Waals surface area contributed by atoms with Gasteiger partial charge in [0.15, 0.2) is 5.69 Å². The van der Waals surface area contributed by atoms with Crippen LogP contribution in [0.15, 0.2) is 83.7 Å². The molecule has 0 aliphatic carbocycles. The van der Waals surface area contributed by atoms with Gasteiger partial charge in [0.05, 0.1) is 24.2 Å². The monoisotopic (exact) mass is 468 g/mol. The van der Waals surface area contributed by atoms with Gasteiger partial charge in [0, 0.05) is 11.9 Å². The molecule has 7 nitrogen and oxygen atoms in total. The van der Waals surface area contributed by atoms with Gasteiger partial charge in [-0.1, -0.05) is 48.5 Å². The molecule has 0 radical (unpaired) electrons. The number of methoxy groups -OCH3 is 1. The van der Waals surface area contributed by atoms with Crippen molar-refractivity contribution < 1.29 is 9.53 Å². The number of nitrogens with one attached hydrogen (secondary N) is 1. The fraction of sp³-hybridized carbons (Fsp3) is 0.250. The van der Waals surface area contributed by atoms with Crippen LogP contribution in [0.1, 0.15) is 34.9 Å². The van der Waals surface area contributed by atoms with E-state index in [0.717, 1.165) is 37.2 Å². The summed E-state index contributed by atoms with van der Waals surface area (Å²) in [6.45, 7) is 2.39. The normalized spacial score (nSPS) is 14.7. The number of fused-ring (bicyclic) bond motifs is 1. The van der Waals surface area contributed by atoms with Crippen molar-refractivity contribution in [1.29, 1.82) is 0 Å². The van der Waals surface area contributed by atoms with E-state index >= 15 is 0 Å². The number of para-hydroxylation sites is 1. The topological polar surface area (TPSA) is 76.5 Å². The number of likely N-dealkylation sites (tertiary alicyclic amines) is 1. The average Bonchev–Trinajstić information content (AvgIpc) is 3.44. The van der Waals surface area contributed by atoms with Gasteiger partial charge in [-0.25, -0.2) is 0 Å². The lowest BCUT2D eigenvalue weighted by molar-refractivity contribution is 0.0933. The molecule has 0 bridgehead atoms. The number of aromatic nitrogens is 2. The van der Waals surface area contributed by atoms with Crippen LogP contribution in [0.2, 0.25) is 0 Å². The number of nitrogens with zero attached hydrogens (tertiary/aromatic N) is 3. The number of carbonyl (C=O) groups excluding carboxylic acids is 1. The maximum atomic E-state index is 13.5. The molecule has 0 unspecified atom stereocenters. The highest BCUT2D eigenvalue weighted by Crippen LogP contribution is 2.27. The molecule has 1 saturated heterocycles. The number of amides is 1. The van der Waals surface area contributed by atoms with Crippen LogP contribution in [0.25, 0.3) is 16.5 Å². The van der Waals surface area contributed by atoms with Gasteiger partial charge >= 0.3 is 0 Å². The minimum Gasteiger partial charge on any atom is -0.497 e. The van der Waals surface area contributed by atoms with Gasteiger partial charge in [0.1, 0.15) is 5.75 Å². The van der Waals surface area contributed by atoms with Gasteiger partial charge in [-0.2, -0.15) is 9.78 Å². The summed E-state index contributed by atoms with van der Waals surface area (Å²) in [6.07, 6.45) is 2.28. The molecule has 1 aliphatic rings. The Hall–Kier alpha value is -3.97. The summed E-state index contributed by atoms with van der Waals surface area (Å²) in [5, 5.41) is 8.61. The molecule has 178 valence electrons. The molecular weight excluding hydrogens is 440 g/mol. The van der Waals surface area contributed by atoms with Crippen LogP contribution in [-0.2, 0) is 0 Å². The Morgan fingerprint density at radius 3 is 2.43 bits per heavy atom. The number of carbonyl (C=O) groups is 1. The average molecular weight is 469 g/mol. The second-order valence-electron chi connectivity index (χ2n) is 8.69. The first-order chi connectivity index (χ1) is 17.2. The fourth-order valence-corrected chi connectivity index (χ4v) is 4.73. The van der Waals surface area contributed by atoms with Gasteiger partial charge in [-0.05, 0) is 61.8 Å². The summed E-state index contributed by atoms with van der Waals surface area (Å²) in [6, 6.07) is 24.3. The number of ether oxygens (including phenoxy) is 1. The van der Waals surface area contributed by atoms with Crippen LogP contribution >= 0.6 is 0 Å². The maximum Gasteiger partial charge on any atom is 0.279 e. The molecule has 1 N–H and O–H groups in total. The minimum atomic E-state index is -0.307. The predicted octanol–water partition coefficient (Wildman–Crippen LogP) is 3.96. The molecule has 1 amide bonds. The smallest absolute Gasteiger partial charge is 0.279 e. The van der Waals surface area contributed by atoms with Gasteiger partial charge in [0.25, 0.3) is 11.5 Å². The highest BCUT2D eigenvalue weighted by molar-refractivity contribution is 6.04. The number of hydrogen-bond donors (Lipinski definition) is 1. The van der Waals surface area contributed by atoms with E-state index in [1.165, 1.54) is 4.68 Å². The van der Waals surface area contributed by atoms with E-state index in [1.807, 2.05) is 42.5 Å². The number of rotatable bonds is 7. The Labute approximate surface area is 204 Å². The third kappa shape index (κ3) is 4.68. The highest BCUT2D eigenvalue weighted by Gasteiger charge is 2.25. The van der Waals surface area contributed by atoms with E-state index < -0.39 is 0 Å². The third-order valence-corrected chi connectivity index (χ3v) is 6.54. The lowest BCUT2D eigenvalue weighted by Crippen LogP contribution is -2.38. The van der Waals surface area contributed by atoms with Crippen LogP contribution in [0.3, 0.4) is 0 Å². The van der Waals surface area contributed by atoms with Crippen molar-refractivity contribution in [2.45, 2.75) is 18.9 Å². The standard InChI is InChI=1S/C28H28N4O3/c1-35-22-13-9-10-20(18-22)25(31-16-7-8-17-31)19-29-27(33)26-23-14-5-6-15-24(23)28(34)32(30-26)21-11-3-2-4-12-21/h2-6,9-15,18,25H,7-8,16-17,19H2,1H3,(H,29,33)/t25-/m1/s1. The Bertz CT molecular complexity index is 1390. The first-order valence-electron chi connectivity index (χ1n) is 11.9. The summed E-state index contributed by atoms with van der Waals surface area (Å²) in [7, 11) is 1.66. The van der Waals surface area contributed by atoms with Crippen molar-refractivity contribution in [2.75, 3.05) is 26.7 Å². The predicted molar refractivity (Wildman–Crippen MR) is 136 cm³/mol. The molecule has 5 rings (SSSR count). The first kappa shape index (κ1) is 22.8. The molecule has 4 aromatic rings. The Kier molecular flexibility index (Phi) is 6.59. The van der Waals surface area contributed by atoms with Gasteiger partial charge in [-0.15, -0.1) is 0 Å². The third-order valence-electron chi connectivity index (χ3n) is 6.54. The summed E-state index contributed by atoms with van der Waals surface area (Å²) < 4.78 is 6.73. The Morgan fingerprint density at radius 1 is 0.971 bits per heavy atom. The fourth-order valence-electron chi connectivity index (χ4n) is 4.73. The van der Waals surface area contributed by atoms with E-state index in [0.29, 0.717) is 23.0 Å². The quantitative estimate of drug-likeness (QED) is 0.444. The zero-order chi connectivity index (χ0) is 24.2. The molecule has 0 spiro atoms. The zero-order valence-electron chi connectivity index (χ0n) is 19.7. The van der Waals surface area contributed by atoms with Crippen LogP contribution in [0.5, 0.6) is 5.75 Å². The van der Waals surface area contributed by atoms with Crippen LogP contribution in [0, 0.1) is 0 Å². The van der Waals surface area contributed by atoms with E-state index in [9.17, 15) is 9.59 Å². The number of hydrogen-bond acceptors (Lipinski definition) is 5. The van der Waals surface area contributed by atoms with Crippen molar-refractivity contribution in [1.82, 2.24) is 20.0 Å². The SMILES string of the molecule is COc1cccc([C@@H](CNC(=O)c2nn(-c3ccccc3)c(=O)c3ccccc23)N2CCCC2)c1. The molecule has 1 aromatic heterocycles. The van der Waals surface area contributed by atoms with E-state index in [4.69, 9.17) is 4.74 Å². The summed E-state index contributed by atoms with van der Waals surface area (Å²) in [4.78, 5) is 29.0. The van der Waals surface area contributed by atoms with Gasteiger partial charge in [0.2, 0.25) is 0 Å². The van der Waals surface area contributed by atoms with Crippen LogP contribution in [0.4, 0.5) is 0 Å². The van der Waals surface area contributed by atoms with Gasteiger partial charge < -0.3 is 10.1 Å². The number of benzene rings is 3. The molecule has 3 aromatic carbocycles. The van der Waals surface area contributed by atoms with E-state index in [1.54, 1.807) is 37.4 Å². The summed E-state index contributed by atoms with van der Waals surface area (Å²) >= 11 is 0. The zero-order valence-corrected chi connectivity index (χ0v) is 19.7. The minimum absolute atomic E-state index is 0.0165. The summed E-state index contributed by atoms with van der Waals surface area (Å²) in [5.41, 5.74) is 1.69. The van der Waals surface area contributed by atoms with Crippen molar-refractivity contribution in [3.8, 4) is 11.4 Å². The largest absolute Gasteiger partial charge is 0.497 e. The lowest BCUT2D eigenvalue weighted by Gasteiger charge is -2.28. The van der Waals surface area contributed by atoms with Crippen molar-refractivity contribution in [2.24, 2.45) is 0 Å². The maximum absolute atomic E-state index is 13.5. The molecule has 1 atom stereocenters. The van der Waals surface area contributed by atoms with Crippen molar-refractivity contribution in [3.63, 3.8) is 0 Å². The molecule has 2 heterocycles. The molecule has 35 heavy (non-hydrogen) atoms. The molecule has 0 saturated carbocycles. The van der Waals surface area contributed by atoms with E-state index in [-0.39, 0.29) is 23.2 Å². The lowest BCUT2D eigenvalue weighted by atomic mass is 10.0. The second-order valence-corrected chi connectivity index (χ2v) is 8.69. The van der Waals surface area contributed by atoms with Crippen molar-refractivity contribution in [3.05, 3.63) is 100 Å². The van der Waals surface area contributed by atoms with Crippen LogP contribution < -0.4 is 15.6 Å². The molecule has 7 heteroatoms. The highest BCUT2D eigenvalue weighted by atomic mass is 16.5. The Morgan fingerprint density at radius 2 is 1.69 bits per heavy atom. The van der Waals surface area contributed by atoms with E-state index in [2.05, 4.69) is 21.4 Å². The molecular formula is C28H28N4O3. The molecule has 1 fully saturated rings. The van der Waals surface area contributed by atoms with Gasteiger partial charge in [-0.3, -0.25) is 14.5 Å². The summed E-state index contributed by atoms with van der Waals surface area (Å²) in [5.74, 6) is 0.485. The van der Waals surface area contributed by atoms with Crippen LogP contribution in [-0.4, -0.2) is 47.3 Å². The second kappa shape index (κ2) is 10.1.